The standard InChI is InChI=1S/C14H16N2O4/c1-4-16-13(17)10(15-14(16)18)7-9-5-6-11(19-2)12(8-9)20-3/h5-8H,4H2,1-3H3,(H,15,18). The van der Waals surface area contributed by atoms with Crippen LogP contribution in [-0.4, -0.2) is 37.6 Å². The number of carbonyl (C=O) groups excluding carboxylic acids is 2. The van der Waals surface area contributed by atoms with Gasteiger partial charge in [0.25, 0.3) is 5.91 Å². The van der Waals surface area contributed by atoms with Gasteiger partial charge in [-0.2, -0.15) is 0 Å². The van der Waals surface area contributed by atoms with E-state index in [1.807, 2.05) is 0 Å². The molecule has 0 bridgehead atoms. The van der Waals surface area contributed by atoms with Gasteiger partial charge in [0.15, 0.2) is 11.5 Å². The molecule has 1 aromatic carbocycles. The Balaban J connectivity index is 2.32. The van der Waals surface area contributed by atoms with Crippen LogP contribution in [0.5, 0.6) is 11.5 Å². The van der Waals surface area contributed by atoms with E-state index in [1.165, 1.54) is 7.11 Å². The van der Waals surface area contributed by atoms with Crippen LogP contribution in [0.3, 0.4) is 0 Å². The molecule has 106 valence electrons. The van der Waals surface area contributed by atoms with Crippen LogP contribution in [0, 0.1) is 0 Å². The molecule has 1 aliphatic heterocycles. The Labute approximate surface area is 117 Å². The number of hydrogen-bond acceptors (Lipinski definition) is 4. The lowest BCUT2D eigenvalue weighted by Gasteiger charge is -2.08. The first kappa shape index (κ1) is 13.9. The predicted molar refractivity (Wildman–Crippen MR) is 73.4 cm³/mol. The third-order valence-electron chi connectivity index (χ3n) is 3.00. The second kappa shape index (κ2) is 5.64. The van der Waals surface area contributed by atoms with Crippen molar-refractivity contribution in [2.75, 3.05) is 20.8 Å². The second-order valence-electron chi connectivity index (χ2n) is 4.15. The molecule has 0 saturated carbocycles. The minimum atomic E-state index is -0.399. The average molecular weight is 276 g/mol. The first-order chi connectivity index (χ1) is 9.60. The van der Waals surface area contributed by atoms with E-state index in [2.05, 4.69) is 5.32 Å². The summed E-state index contributed by atoms with van der Waals surface area (Å²) in [6.45, 7) is 2.09. The molecule has 0 aliphatic carbocycles. The fraction of sp³-hybridized carbons (Fsp3) is 0.286. The van der Waals surface area contributed by atoms with E-state index in [9.17, 15) is 9.59 Å². The predicted octanol–water partition coefficient (Wildman–Crippen LogP) is 1.62. The number of benzene rings is 1. The van der Waals surface area contributed by atoms with Crippen LogP contribution in [0.2, 0.25) is 0 Å². The van der Waals surface area contributed by atoms with Gasteiger partial charge >= 0.3 is 6.03 Å². The smallest absolute Gasteiger partial charge is 0.328 e. The van der Waals surface area contributed by atoms with Crippen LogP contribution in [0.25, 0.3) is 6.08 Å². The van der Waals surface area contributed by atoms with Crippen LogP contribution >= 0.6 is 0 Å². The van der Waals surface area contributed by atoms with Crippen molar-refractivity contribution in [3.05, 3.63) is 29.5 Å². The maximum Gasteiger partial charge on any atom is 0.328 e. The number of urea groups is 1. The minimum Gasteiger partial charge on any atom is -0.493 e. The van der Waals surface area contributed by atoms with Crippen molar-refractivity contribution in [2.45, 2.75) is 6.92 Å². The van der Waals surface area contributed by atoms with Gasteiger partial charge < -0.3 is 14.8 Å². The Morgan fingerprint density at radius 2 is 1.90 bits per heavy atom. The molecule has 0 atom stereocenters. The summed E-state index contributed by atoms with van der Waals surface area (Å²) in [4.78, 5) is 24.6. The lowest BCUT2D eigenvalue weighted by Crippen LogP contribution is -2.30. The topological polar surface area (TPSA) is 67.9 Å². The molecule has 1 aliphatic rings. The number of ether oxygens (including phenoxy) is 2. The molecule has 2 rings (SSSR count). The Morgan fingerprint density at radius 1 is 1.20 bits per heavy atom. The molecule has 0 unspecified atom stereocenters. The van der Waals surface area contributed by atoms with Gasteiger partial charge in [-0.3, -0.25) is 9.69 Å². The highest BCUT2D eigenvalue weighted by molar-refractivity contribution is 6.13. The summed E-state index contributed by atoms with van der Waals surface area (Å²) < 4.78 is 10.3. The molecule has 0 radical (unpaired) electrons. The molecule has 20 heavy (non-hydrogen) atoms. The van der Waals surface area contributed by atoms with E-state index in [1.54, 1.807) is 38.3 Å². The molecule has 0 aromatic heterocycles. The van der Waals surface area contributed by atoms with E-state index in [0.29, 0.717) is 18.0 Å². The van der Waals surface area contributed by atoms with E-state index < -0.39 is 6.03 Å². The largest absolute Gasteiger partial charge is 0.493 e. The monoisotopic (exact) mass is 276 g/mol. The zero-order chi connectivity index (χ0) is 14.7. The van der Waals surface area contributed by atoms with Gasteiger partial charge in [0, 0.05) is 6.54 Å². The number of methoxy groups -OCH3 is 2. The molecular formula is C14H16N2O4. The number of imide groups is 1. The molecule has 1 fully saturated rings. The van der Waals surface area contributed by atoms with E-state index >= 15 is 0 Å². The Bertz CT molecular complexity index is 581. The van der Waals surface area contributed by atoms with Crippen molar-refractivity contribution in [3.63, 3.8) is 0 Å². The highest BCUT2D eigenvalue weighted by Gasteiger charge is 2.31. The minimum absolute atomic E-state index is 0.254. The summed E-state index contributed by atoms with van der Waals surface area (Å²) in [5.74, 6) is 0.838. The van der Waals surface area contributed by atoms with Gasteiger partial charge in [0.05, 0.1) is 14.2 Å². The van der Waals surface area contributed by atoms with Gasteiger partial charge in [-0.25, -0.2) is 4.79 Å². The summed E-state index contributed by atoms with van der Waals surface area (Å²) in [7, 11) is 3.09. The summed E-state index contributed by atoms with van der Waals surface area (Å²) >= 11 is 0. The number of likely N-dealkylation sites (N-methyl/N-ethyl adjacent to an activating group) is 1. The summed E-state index contributed by atoms with van der Waals surface area (Å²) in [5.41, 5.74) is 0.994. The van der Waals surface area contributed by atoms with Gasteiger partial charge in [-0.15, -0.1) is 0 Å². The molecule has 0 spiro atoms. The zero-order valence-corrected chi connectivity index (χ0v) is 11.6. The van der Waals surface area contributed by atoms with Gasteiger partial charge in [-0.05, 0) is 30.7 Å². The molecule has 3 amide bonds. The number of rotatable bonds is 4. The summed E-state index contributed by atoms with van der Waals surface area (Å²) in [5, 5.41) is 2.55. The van der Waals surface area contributed by atoms with E-state index in [0.717, 1.165) is 10.5 Å². The average Bonchev–Trinajstić information content (AvgIpc) is 2.72. The molecule has 6 heteroatoms. The maximum absolute atomic E-state index is 11.9. The number of carbonyl (C=O) groups is 2. The van der Waals surface area contributed by atoms with Gasteiger partial charge in [0.2, 0.25) is 0 Å². The van der Waals surface area contributed by atoms with Crippen molar-refractivity contribution in [2.24, 2.45) is 0 Å². The van der Waals surface area contributed by atoms with Crippen LogP contribution < -0.4 is 14.8 Å². The van der Waals surface area contributed by atoms with Crippen molar-refractivity contribution >= 4 is 18.0 Å². The van der Waals surface area contributed by atoms with Crippen molar-refractivity contribution in [1.82, 2.24) is 10.2 Å². The maximum atomic E-state index is 11.9. The Morgan fingerprint density at radius 3 is 2.45 bits per heavy atom. The first-order valence-corrected chi connectivity index (χ1v) is 6.17. The number of amides is 3. The number of nitrogens with zero attached hydrogens (tertiary/aromatic N) is 1. The van der Waals surface area contributed by atoms with E-state index in [-0.39, 0.29) is 11.6 Å². The van der Waals surface area contributed by atoms with Crippen LogP contribution in [0.15, 0.2) is 23.9 Å². The lowest BCUT2D eigenvalue weighted by molar-refractivity contribution is -0.122. The number of hydrogen-bond donors (Lipinski definition) is 1. The second-order valence-corrected chi connectivity index (χ2v) is 4.15. The fourth-order valence-electron chi connectivity index (χ4n) is 1.97. The highest BCUT2D eigenvalue weighted by Crippen LogP contribution is 2.28. The third-order valence-corrected chi connectivity index (χ3v) is 3.00. The Kier molecular flexibility index (Phi) is 3.93. The quantitative estimate of drug-likeness (QED) is 0.670. The van der Waals surface area contributed by atoms with Crippen LogP contribution in [0.4, 0.5) is 4.79 Å². The van der Waals surface area contributed by atoms with Crippen LogP contribution in [-0.2, 0) is 4.79 Å². The summed E-state index contributed by atoms with van der Waals surface area (Å²) in [6.07, 6.45) is 1.61. The SMILES string of the molecule is CCN1C(=O)NC(=Cc2ccc(OC)c(OC)c2)C1=O. The first-order valence-electron chi connectivity index (χ1n) is 6.17. The fourth-order valence-corrected chi connectivity index (χ4v) is 1.97. The van der Waals surface area contributed by atoms with E-state index in [4.69, 9.17) is 9.47 Å². The third kappa shape index (κ3) is 2.45. The van der Waals surface area contributed by atoms with Gasteiger partial charge in [-0.1, -0.05) is 6.07 Å². The summed E-state index contributed by atoms with van der Waals surface area (Å²) in [6, 6.07) is 4.86. The molecule has 1 heterocycles. The molecular weight excluding hydrogens is 260 g/mol. The van der Waals surface area contributed by atoms with Crippen LogP contribution in [0.1, 0.15) is 12.5 Å². The molecule has 1 saturated heterocycles. The normalized spacial score (nSPS) is 16.6. The zero-order valence-electron chi connectivity index (χ0n) is 11.6. The molecule has 6 nitrogen and oxygen atoms in total. The number of nitrogens with one attached hydrogen (secondary N) is 1. The lowest BCUT2D eigenvalue weighted by atomic mass is 10.1. The van der Waals surface area contributed by atoms with Crippen molar-refractivity contribution in [1.29, 1.82) is 0 Å². The molecule has 1 N–H and O–H groups in total. The van der Waals surface area contributed by atoms with Crippen molar-refractivity contribution in [3.8, 4) is 11.5 Å². The molecule has 1 aromatic rings. The highest BCUT2D eigenvalue weighted by atomic mass is 16.5. The Hall–Kier alpha value is -2.50. The van der Waals surface area contributed by atoms with Gasteiger partial charge in [0.1, 0.15) is 5.70 Å². The van der Waals surface area contributed by atoms with Crippen molar-refractivity contribution < 1.29 is 19.1 Å².